The van der Waals surface area contributed by atoms with E-state index < -0.39 is 0 Å². The fourth-order valence-corrected chi connectivity index (χ4v) is 1.72. The van der Waals surface area contributed by atoms with E-state index in [4.69, 9.17) is 15.2 Å². The maximum atomic E-state index is 6.12. The minimum atomic E-state index is -0.132. The normalized spacial score (nSPS) is 13.6. The lowest BCUT2D eigenvalue weighted by atomic mass is 10.0. The molecule has 1 aromatic rings. The molecule has 3 nitrogen and oxygen atoms in total. The summed E-state index contributed by atoms with van der Waals surface area (Å²) in [5.41, 5.74) is 8.36. The summed E-state index contributed by atoms with van der Waals surface area (Å²) in [7, 11) is 1.72. The number of methoxy groups -OCH3 is 1. The Labute approximate surface area is 110 Å². The summed E-state index contributed by atoms with van der Waals surface area (Å²) in [6.07, 6.45) is 0.865. The first kappa shape index (κ1) is 15.2. The number of ether oxygens (including phenoxy) is 2. The number of hydrogen-bond donors (Lipinski definition) is 1. The Morgan fingerprint density at radius 2 is 1.94 bits per heavy atom. The first-order chi connectivity index (χ1) is 8.46. The minimum Gasteiger partial charge on any atom is -0.379 e. The molecule has 2 N–H and O–H groups in total. The van der Waals surface area contributed by atoms with Crippen LogP contribution in [0.25, 0.3) is 0 Å². The van der Waals surface area contributed by atoms with Crippen LogP contribution >= 0.6 is 0 Å². The molecule has 0 radical (unpaired) electrons. The van der Waals surface area contributed by atoms with Gasteiger partial charge in [0.1, 0.15) is 0 Å². The van der Waals surface area contributed by atoms with Crippen LogP contribution in [0.3, 0.4) is 0 Å². The summed E-state index contributed by atoms with van der Waals surface area (Å²) in [6, 6.07) is 8.10. The standard InChI is InChI=1S/C15H25NO2/c1-12-7-5-6-8-13(12)14(16)11-18-10-9-15(2,3)17-4/h5-8,14H,9-11,16H2,1-4H3. The lowest BCUT2D eigenvalue weighted by Crippen LogP contribution is -2.26. The van der Waals surface area contributed by atoms with E-state index in [0.29, 0.717) is 13.2 Å². The van der Waals surface area contributed by atoms with Crippen molar-refractivity contribution in [2.45, 2.75) is 38.8 Å². The van der Waals surface area contributed by atoms with E-state index in [1.54, 1.807) is 7.11 Å². The molecule has 1 unspecified atom stereocenters. The number of rotatable bonds is 7. The van der Waals surface area contributed by atoms with Crippen molar-refractivity contribution < 1.29 is 9.47 Å². The molecular formula is C15H25NO2. The van der Waals surface area contributed by atoms with E-state index in [1.807, 2.05) is 12.1 Å². The zero-order valence-electron chi connectivity index (χ0n) is 11.9. The van der Waals surface area contributed by atoms with Gasteiger partial charge in [-0.1, -0.05) is 24.3 Å². The summed E-state index contributed by atoms with van der Waals surface area (Å²) in [6.45, 7) is 7.39. The first-order valence-electron chi connectivity index (χ1n) is 6.40. The van der Waals surface area contributed by atoms with Crippen LogP contribution in [0.15, 0.2) is 24.3 Å². The van der Waals surface area contributed by atoms with Crippen LogP contribution < -0.4 is 5.73 Å². The summed E-state index contributed by atoms with van der Waals surface area (Å²) in [5.74, 6) is 0. The molecule has 0 amide bonds. The average Bonchev–Trinajstić information content (AvgIpc) is 2.35. The van der Waals surface area contributed by atoms with Crippen molar-refractivity contribution in [2.24, 2.45) is 5.73 Å². The van der Waals surface area contributed by atoms with Gasteiger partial charge in [-0.15, -0.1) is 0 Å². The van der Waals surface area contributed by atoms with Gasteiger partial charge in [0.05, 0.1) is 18.2 Å². The second kappa shape index (κ2) is 6.88. The molecule has 0 saturated carbocycles. The summed E-state index contributed by atoms with van der Waals surface area (Å²) >= 11 is 0. The Balaban J connectivity index is 2.34. The molecule has 0 aromatic heterocycles. The Morgan fingerprint density at radius 3 is 2.56 bits per heavy atom. The van der Waals surface area contributed by atoms with Crippen LogP contribution in [0.1, 0.15) is 37.4 Å². The number of hydrogen-bond acceptors (Lipinski definition) is 3. The molecule has 1 aromatic carbocycles. The Kier molecular flexibility index (Phi) is 5.79. The lowest BCUT2D eigenvalue weighted by molar-refractivity contribution is -0.0114. The molecule has 0 aliphatic carbocycles. The molecule has 1 rings (SSSR count). The van der Waals surface area contributed by atoms with Crippen LogP contribution in [-0.4, -0.2) is 25.9 Å². The molecule has 3 heteroatoms. The Morgan fingerprint density at radius 1 is 1.28 bits per heavy atom. The molecule has 0 aliphatic heterocycles. The topological polar surface area (TPSA) is 44.5 Å². The van der Waals surface area contributed by atoms with E-state index in [-0.39, 0.29) is 11.6 Å². The van der Waals surface area contributed by atoms with Gasteiger partial charge in [-0.25, -0.2) is 0 Å². The van der Waals surface area contributed by atoms with Gasteiger partial charge in [0.25, 0.3) is 0 Å². The second-order valence-electron chi connectivity index (χ2n) is 5.25. The van der Waals surface area contributed by atoms with Gasteiger partial charge in [0.2, 0.25) is 0 Å². The fourth-order valence-electron chi connectivity index (χ4n) is 1.72. The highest BCUT2D eigenvalue weighted by molar-refractivity contribution is 5.28. The Bertz CT molecular complexity index is 363. The number of nitrogens with two attached hydrogens (primary N) is 1. The van der Waals surface area contributed by atoms with E-state index in [0.717, 1.165) is 12.0 Å². The van der Waals surface area contributed by atoms with Gasteiger partial charge < -0.3 is 15.2 Å². The quantitative estimate of drug-likeness (QED) is 0.758. The zero-order valence-corrected chi connectivity index (χ0v) is 11.9. The molecule has 0 spiro atoms. The molecule has 0 fully saturated rings. The highest BCUT2D eigenvalue weighted by atomic mass is 16.5. The third-order valence-corrected chi connectivity index (χ3v) is 3.29. The van der Waals surface area contributed by atoms with Crippen molar-refractivity contribution in [1.82, 2.24) is 0 Å². The maximum absolute atomic E-state index is 6.12. The van der Waals surface area contributed by atoms with E-state index in [2.05, 4.69) is 32.9 Å². The highest BCUT2D eigenvalue weighted by Gasteiger charge is 2.16. The molecule has 1 atom stereocenters. The molecule has 0 aliphatic rings. The summed E-state index contributed by atoms with van der Waals surface area (Å²) < 4.78 is 11.0. The highest BCUT2D eigenvalue weighted by Crippen LogP contribution is 2.16. The summed E-state index contributed by atoms with van der Waals surface area (Å²) in [4.78, 5) is 0. The van der Waals surface area contributed by atoms with E-state index >= 15 is 0 Å². The number of benzene rings is 1. The van der Waals surface area contributed by atoms with Crippen LogP contribution in [-0.2, 0) is 9.47 Å². The van der Waals surface area contributed by atoms with Crippen molar-refractivity contribution in [3.8, 4) is 0 Å². The second-order valence-corrected chi connectivity index (χ2v) is 5.25. The SMILES string of the molecule is COC(C)(C)CCOCC(N)c1ccccc1C. The van der Waals surface area contributed by atoms with Gasteiger partial charge in [-0.05, 0) is 38.3 Å². The van der Waals surface area contributed by atoms with Gasteiger partial charge >= 0.3 is 0 Å². The Hall–Kier alpha value is -0.900. The fraction of sp³-hybridized carbons (Fsp3) is 0.600. The molecule has 0 heterocycles. The largest absolute Gasteiger partial charge is 0.379 e. The van der Waals surface area contributed by atoms with Gasteiger partial charge in [0.15, 0.2) is 0 Å². The monoisotopic (exact) mass is 251 g/mol. The lowest BCUT2D eigenvalue weighted by Gasteiger charge is -2.23. The van der Waals surface area contributed by atoms with E-state index in [9.17, 15) is 0 Å². The van der Waals surface area contributed by atoms with Crippen LogP contribution in [0.5, 0.6) is 0 Å². The third kappa shape index (κ3) is 4.77. The zero-order chi connectivity index (χ0) is 13.6. The number of aryl methyl sites for hydroxylation is 1. The maximum Gasteiger partial charge on any atom is 0.0659 e. The summed E-state index contributed by atoms with van der Waals surface area (Å²) in [5, 5.41) is 0. The van der Waals surface area contributed by atoms with Crippen molar-refractivity contribution in [3.05, 3.63) is 35.4 Å². The van der Waals surface area contributed by atoms with Gasteiger partial charge in [0, 0.05) is 13.7 Å². The molecule has 0 saturated heterocycles. The van der Waals surface area contributed by atoms with Crippen molar-refractivity contribution in [3.63, 3.8) is 0 Å². The molecule has 102 valence electrons. The minimum absolute atomic E-state index is 0.0585. The average molecular weight is 251 g/mol. The molecule has 0 bridgehead atoms. The van der Waals surface area contributed by atoms with Crippen LogP contribution in [0.2, 0.25) is 0 Å². The third-order valence-electron chi connectivity index (χ3n) is 3.29. The van der Waals surface area contributed by atoms with Crippen molar-refractivity contribution in [2.75, 3.05) is 20.3 Å². The predicted molar refractivity (Wildman–Crippen MR) is 74.6 cm³/mol. The van der Waals surface area contributed by atoms with Gasteiger partial charge in [-0.3, -0.25) is 0 Å². The predicted octanol–water partition coefficient (Wildman–Crippen LogP) is 2.83. The van der Waals surface area contributed by atoms with Crippen LogP contribution in [0, 0.1) is 6.92 Å². The van der Waals surface area contributed by atoms with Crippen LogP contribution in [0.4, 0.5) is 0 Å². The van der Waals surface area contributed by atoms with E-state index in [1.165, 1.54) is 5.56 Å². The van der Waals surface area contributed by atoms with Gasteiger partial charge in [-0.2, -0.15) is 0 Å². The molecule has 18 heavy (non-hydrogen) atoms. The first-order valence-corrected chi connectivity index (χ1v) is 6.40. The smallest absolute Gasteiger partial charge is 0.0659 e. The van der Waals surface area contributed by atoms with Crippen molar-refractivity contribution in [1.29, 1.82) is 0 Å². The van der Waals surface area contributed by atoms with Crippen molar-refractivity contribution >= 4 is 0 Å². The molecular weight excluding hydrogens is 226 g/mol.